The Morgan fingerprint density at radius 2 is 2.12 bits per heavy atom. The molecule has 0 saturated carbocycles. The zero-order chi connectivity index (χ0) is 6.20. The highest BCUT2D eigenvalue weighted by Crippen LogP contribution is 2.14. The highest BCUT2D eigenvalue weighted by atomic mass is 28.4. The summed E-state index contributed by atoms with van der Waals surface area (Å²) in [6.07, 6.45) is 0. The Labute approximate surface area is 52.0 Å². The summed E-state index contributed by atoms with van der Waals surface area (Å²) in [6, 6.07) is 0. The Kier molecular flexibility index (Phi) is 1.33. The summed E-state index contributed by atoms with van der Waals surface area (Å²) in [5.41, 5.74) is 2.23. The summed E-state index contributed by atoms with van der Waals surface area (Å²) < 4.78 is 5.58. The largest absolute Gasteiger partial charge is 0.471 e. The molecule has 0 fully saturated rings. The van der Waals surface area contributed by atoms with Crippen molar-refractivity contribution in [2.45, 2.75) is 19.9 Å². The van der Waals surface area contributed by atoms with E-state index in [1.54, 1.807) is 0 Å². The van der Waals surface area contributed by atoms with E-state index in [-0.39, 0.29) is 0 Å². The van der Waals surface area contributed by atoms with E-state index < -0.39 is 8.32 Å². The smallest absolute Gasteiger partial charge is 0.304 e. The van der Waals surface area contributed by atoms with E-state index in [0.29, 0.717) is 6.92 Å². The first-order chi connectivity index (χ1) is 3.60. The van der Waals surface area contributed by atoms with Crippen molar-refractivity contribution in [3.8, 4) is 0 Å². The van der Waals surface area contributed by atoms with Gasteiger partial charge in [-0.3, -0.25) is 0 Å². The molecule has 0 amide bonds. The molecule has 0 saturated heterocycles. The molecule has 0 N–H and O–H groups in total. The van der Waals surface area contributed by atoms with Crippen LogP contribution in [0, 0.1) is 0 Å². The molecule has 0 aliphatic carbocycles. The summed E-state index contributed by atoms with van der Waals surface area (Å²) in [5.74, 6) is 2.15. The van der Waals surface area contributed by atoms with Crippen molar-refractivity contribution in [1.29, 1.82) is 0 Å². The monoisotopic (exact) mass is 126 g/mol. The molecule has 0 unspecified atom stereocenters. The van der Waals surface area contributed by atoms with E-state index in [0.717, 1.165) is 0 Å². The first-order valence-corrected chi connectivity index (χ1v) is 5.96. The Morgan fingerprint density at radius 1 is 1.50 bits per heavy atom. The van der Waals surface area contributed by atoms with Gasteiger partial charge in [0.1, 0.15) is 0 Å². The standard InChI is InChI=1S/C5H11BOSi/c1-6-4-5-8(2,3)7-6/h4-5H,1-3H3. The molecular formula is C5H11BOSi. The van der Waals surface area contributed by atoms with Crippen molar-refractivity contribution in [2.24, 2.45) is 0 Å². The molecule has 0 spiro atoms. The quantitative estimate of drug-likeness (QED) is 0.446. The van der Waals surface area contributed by atoms with Gasteiger partial charge in [0.15, 0.2) is 8.32 Å². The van der Waals surface area contributed by atoms with Crippen LogP contribution in [0.3, 0.4) is 0 Å². The molecule has 0 radical (unpaired) electrons. The predicted molar refractivity (Wildman–Crippen MR) is 39.3 cm³/mol. The maximum Gasteiger partial charge on any atom is 0.304 e. The first-order valence-electron chi connectivity index (χ1n) is 2.97. The van der Waals surface area contributed by atoms with Gasteiger partial charge in [-0.05, 0) is 13.1 Å². The lowest BCUT2D eigenvalue weighted by atomic mass is 9.73. The van der Waals surface area contributed by atoms with Crippen molar-refractivity contribution in [3.05, 3.63) is 11.7 Å². The second-order valence-corrected chi connectivity index (χ2v) is 6.56. The average molecular weight is 126 g/mol. The summed E-state index contributed by atoms with van der Waals surface area (Å²) >= 11 is 0. The van der Waals surface area contributed by atoms with Gasteiger partial charge in [0, 0.05) is 0 Å². The molecule has 1 aliphatic heterocycles. The van der Waals surface area contributed by atoms with Crippen LogP contribution in [0.25, 0.3) is 0 Å². The Balaban J connectivity index is 2.58. The Bertz CT molecular complexity index is 122. The Hall–Kier alpha value is -0.0182. The minimum absolute atomic E-state index is 0.372. The average Bonchev–Trinajstić information content (AvgIpc) is 1.82. The SMILES string of the molecule is CB1C=C[Si](C)(C)O1. The van der Waals surface area contributed by atoms with Gasteiger partial charge in [-0.15, -0.1) is 0 Å². The summed E-state index contributed by atoms with van der Waals surface area (Å²) in [7, 11) is -1.28. The lowest BCUT2D eigenvalue weighted by Crippen LogP contribution is -2.27. The third-order valence-electron chi connectivity index (χ3n) is 1.26. The number of hydrogen-bond acceptors (Lipinski definition) is 1. The summed E-state index contributed by atoms with van der Waals surface area (Å²) in [4.78, 5) is 0. The van der Waals surface area contributed by atoms with Gasteiger partial charge in [0.2, 0.25) is 0 Å². The van der Waals surface area contributed by atoms with Crippen LogP contribution in [0.4, 0.5) is 0 Å². The predicted octanol–water partition coefficient (Wildman–Crippen LogP) is 1.48. The first kappa shape index (κ1) is 6.11. The minimum Gasteiger partial charge on any atom is -0.471 e. The highest BCUT2D eigenvalue weighted by Gasteiger charge is 2.27. The lowest BCUT2D eigenvalue weighted by Gasteiger charge is -2.13. The number of rotatable bonds is 0. The van der Waals surface area contributed by atoms with Crippen molar-refractivity contribution in [1.82, 2.24) is 0 Å². The van der Waals surface area contributed by atoms with E-state index in [1.165, 1.54) is 0 Å². The molecule has 0 aromatic rings. The molecule has 8 heavy (non-hydrogen) atoms. The second-order valence-electron chi connectivity index (χ2n) is 2.79. The van der Waals surface area contributed by atoms with Crippen LogP contribution in [0.1, 0.15) is 0 Å². The summed E-state index contributed by atoms with van der Waals surface area (Å²) in [5, 5.41) is 0. The molecular weight excluding hydrogens is 115 g/mol. The van der Waals surface area contributed by atoms with Crippen molar-refractivity contribution in [2.75, 3.05) is 0 Å². The molecule has 44 valence electrons. The normalized spacial score (nSPS) is 24.6. The van der Waals surface area contributed by atoms with Crippen LogP contribution in [0.15, 0.2) is 11.7 Å². The molecule has 1 heterocycles. The molecule has 0 aromatic carbocycles. The van der Waals surface area contributed by atoms with E-state index in [2.05, 4.69) is 31.6 Å². The maximum absolute atomic E-state index is 5.58. The topological polar surface area (TPSA) is 9.23 Å². The van der Waals surface area contributed by atoms with E-state index >= 15 is 0 Å². The van der Waals surface area contributed by atoms with Crippen molar-refractivity contribution in [3.63, 3.8) is 0 Å². The third kappa shape index (κ3) is 1.23. The highest BCUT2D eigenvalue weighted by molar-refractivity contribution is 6.87. The maximum atomic E-state index is 5.58. The van der Waals surface area contributed by atoms with Gasteiger partial charge in [-0.2, -0.15) is 0 Å². The number of hydrogen-bond donors (Lipinski definition) is 0. The molecule has 1 rings (SSSR count). The molecule has 3 heteroatoms. The van der Waals surface area contributed by atoms with Crippen LogP contribution < -0.4 is 0 Å². The fourth-order valence-electron chi connectivity index (χ4n) is 0.925. The van der Waals surface area contributed by atoms with Crippen molar-refractivity contribution >= 4 is 15.2 Å². The van der Waals surface area contributed by atoms with Gasteiger partial charge in [-0.1, -0.05) is 18.5 Å². The zero-order valence-electron chi connectivity index (χ0n) is 5.64. The lowest BCUT2D eigenvalue weighted by molar-refractivity contribution is 0.603. The molecule has 0 aromatic heterocycles. The van der Waals surface area contributed by atoms with Crippen LogP contribution in [0.2, 0.25) is 19.9 Å². The van der Waals surface area contributed by atoms with Gasteiger partial charge in [0.05, 0.1) is 0 Å². The fraction of sp³-hybridized carbons (Fsp3) is 0.600. The van der Waals surface area contributed by atoms with Gasteiger partial charge >= 0.3 is 6.92 Å². The molecule has 1 nitrogen and oxygen atoms in total. The Morgan fingerprint density at radius 3 is 2.25 bits per heavy atom. The van der Waals surface area contributed by atoms with Crippen LogP contribution in [-0.4, -0.2) is 15.2 Å². The van der Waals surface area contributed by atoms with Crippen molar-refractivity contribution < 1.29 is 4.34 Å². The molecule has 1 aliphatic rings. The van der Waals surface area contributed by atoms with Gasteiger partial charge in [0.25, 0.3) is 0 Å². The van der Waals surface area contributed by atoms with E-state index in [9.17, 15) is 0 Å². The molecule has 0 atom stereocenters. The third-order valence-corrected chi connectivity index (χ3v) is 3.23. The van der Waals surface area contributed by atoms with Crippen LogP contribution in [0.5, 0.6) is 0 Å². The molecule has 0 bridgehead atoms. The minimum atomic E-state index is -1.28. The zero-order valence-corrected chi connectivity index (χ0v) is 6.64. The van der Waals surface area contributed by atoms with E-state index in [4.69, 9.17) is 4.34 Å². The van der Waals surface area contributed by atoms with E-state index in [1.807, 2.05) is 0 Å². The fourth-order valence-corrected chi connectivity index (χ4v) is 2.77. The summed E-state index contributed by atoms with van der Waals surface area (Å²) in [6.45, 7) is 6.86. The van der Waals surface area contributed by atoms with Gasteiger partial charge in [-0.25, -0.2) is 0 Å². The second kappa shape index (κ2) is 1.74. The van der Waals surface area contributed by atoms with Crippen LogP contribution >= 0.6 is 0 Å². The van der Waals surface area contributed by atoms with Crippen LogP contribution in [-0.2, 0) is 4.34 Å². The van der Waals surface area contributed by atoms with Gasteiger partial charge < -0.3 is 4.34 Å².